The van der Waals surface area contributed by atoms with Crippen molar-refractivity contribution >= 4 is 39.8 Å². The van der Waals surface area contributed by atoms with Gasteiger partial charge in [-0.2, -0.15) is 0 Å². The first-order chi connectivity index (χ1) is 16.0. The van der Waals surface area contributed by atoms with Gasteiger partial charge in [-0.05, 0) is 49.6 Å². The summed E-state index contributed by atoms with van der Waals surface area (Å²) in [4.78, 5) is 27.3. The fourth-order valence-corrected chi connectivity index (χ4v) is 8.07. The van der Waals surface area contributed by atoms with Crippen LogP contribution in [-0.2, 0) is 14.3 Å². The number of carbonyl (C=O) groups excluding carboxylic acids is 2. The maximum Gasteiger partial charge on any atom is 0.343 e. The third-order valence-electron chi connectivity index (χ3n) is 5.15. The highest BCUT2D eigenvalue weighted by molar-refractivity contribution is 7.97. The molecule has 0 aliphatic rings. The van der Waals surface area contributed by atoms with Gasteiger partial charge in [-0.15, -0.1) is 0 Å². The van der Waals surface area contributed by atoms with E-state index in [0.717, 1.165) is 21.5 Å². The van der Waals surface area contributed by atoms with Gasteiger partial charge in [-0.1, -0.05) is 109 Å². The van der Waals surface area contributed by atoms with Crippen LogP contribution in [0.25, 0.3) is 0 Å². The zero-order chi connectivity index (χ0) is 23.7. The second kappa shape index (κ2) is 11.4. The van der Waals surface area contributed by atoms with Crippen molar-refractivity contribution in [2.75, 3.05) is 6.61 Å². The van der Waals surface area contributed by atoms with Gasteiger partial charge in [0.2, 0.25) is 0 Å². The molecule has 33 heavy (non-hydrogen) atoms. The molecule has 0 fully saturated rings. The van der Waals surface area contributed by atoms with E-state index in [0.29, 0.717) is 0 Å². The minimum atomic E-state index is -2.85. The second-order valence-electron chi connectivity index (χ2n) is 7.71. The van der Waals surface area contributed by atoms with Crippen LogP contribution < -0.4 is 15.9 Å². The Bertz CT molecular complexity index is 1100. The van der Waals surface area contributed by atoms with Crippen molar-refractivity contribution < 1.29 is 14.3 Å². The van der Waals surface area contributed by atoms with Gasteiger partial charge in [0, 0.05) is 0 Å². The van der Waals surface area contributed by atoms with Gasteiger partial charge >= 0.3 is 5.97 Å². The average Bonchev–Trinajstić information content (AvgIpc) is 2.84. The van der Waals surface area contributed by atoms with Crippen LogP contribution in [0.2, 0.25) is 0 Å². The van der Waals surface area contributed by atoms with Crippen LogP contribution in [0.4, 0.5) is 0 Å². The summed E-state index contributed by atoms with van der Waals surface area (Å²) in [5, 5.41) is 2.95. The lowest BCUT2D eigenvalue weighted by molar-refractivity contribution is -0.135. The number of rotatable bonds is 8. The van der Waals surface area contributed by atoms with Crippen molar-refractivity contribution in [1.29, 1.82) is 0 Å². The highest BCUT2D eigenvalue weighted by Gasteiger charge is 2.36. The molecule has 3 aromatic carbocycles. The summed E-state index contributed by atoms with van der Waals surface area (Å²) in [6.07, 6.45) is 5.03. The predicted molar refractivity (Wildman–Crippen MR) is 140 cm³/mol. The van der Waals surface area contributed by atoms with Crippen molar-refractivity contribution in [3.8, 4) is 0 Å². The number of hydrogen-bond acceptors (Lipinski definition) is 3. The normalized spacial score (nSPS) is 11.1. The number of benzene rings is 3. The average molecular weight is 457 g/mol. The highest BCUT2D eigenvalue weighted by Crippen LogP contribution is 2.46. The Morgan fingerprint density at radius 3 is 1.55 bits per heavy atom. The molecule has 0 aliphatic carbocycles. The molecule has 0 saturated heterocycles. The van der Waals surface area contributed by atoms with Gasteiger partial charge in [0.05, 0.1) is 6.61 Å². The van der Waals surface area contributed by atoms with E-state index in [1.165, 1.54) is 6.08 Å². The fraction of sp³-hybridized carbons (Fsp3) is 0.138. The Morgan fingerprint density at radius 1 is 0.758 bits per heavy atom. The lowest BCUT2D eigenvalue weighted by atomic mass is 10.2. The molecule has 0 spiro atoms. The van der Waals surface area contributed by atoms with Crippen LogP contribution in [0.3, 0.4) is 0 Å². The van der Waals surface area contributed by atoms with Crippen molar-refractivity contribution in [3.05, 3.63) is 115 Å². The third kappa shape index (κ3) is 5.32. The third-order valence-corrected chi connectivity index (χ3v) is 9.44. The van der Waals surface area contributed by atoms with Crippen molar-refractivity contribution in [2.45, 2.75) is 20.8 Å². The first-order valence-electron chi connectivity index (χ1n) is 11.0. The quantitative estimate of drug-likeness (QED) is 0.161. The summed E-state index contributed by atoms with van der Waals surface area (Å²) >= 11 is 0. The monoisotopic (exact) mass is 456 g/mol. The highest BCUT2D eigenvalue weighted by atomic mass is 31.2. The van der Waals surface area contributed by atoms with Crippen molar-refractivity contribution in [1.82, 2.24) is 0 Å². The van der Waals surface area contributed by atoms with Gasteiger partial charge < -0.3 is 4.74 Å². The molecule has 0 N–H and O–H groups in total. The van der Waals surface area contributed by atoms with E-state index in [1.807, 2.05) is 111 Å². The van der Waals surface area contributed by atoms with E-state index < -0.39 is 12.9 Å². The van der Waals surface area contributed by atoms with Crippen LogP contribution in [-0.4, -0.2) is 23.7 Å². The molecule has 3 aromatic rings. The zero-order valence-electron chi connectivity index (χ0n) is 19.3. The van der Waals surface area contributed by atoms with Crippen LogP contribution >= 0.6 is 6.89 Å². The van der Waals surface area contributed by atoms with Gasteiger partial charge in [-0.3, -0.25) is 4.79 Å². The lowest BCUT2D eigenvalue weighted by Gasteiger charge is -2.31. The molecule has 3 rings (SSSR count). The van der Waals surface area contributed by atoms with Gasteiger partial charge in [0.1, 0.15) is 5.29 Å². The molecule has 0 radical (unpaired) electrons. The number of esters is 1. The fourth-order valence-electron chi connectivity index (χ4n) is 3.80. The summed E-state index contributed by atoms with van der Waals surface area (Å²) in [6, 6.07) is 29.5. The smallest absolute Gasteiger partial charge is 0.343 e. The van der Waals surface area contributed by atoms with E-state index >= 15 is 0 Å². The van der Waals surface area contributed by atoms with E-state index in [-0.39, 0.29) is 17.7 Å². The Hall–Kier alpha value is -3.42. The topological polar surface area (TPSA) is 43.4 Å². The summed E-state index contributed by atoms with van der Waals surface area (Å²) in [5.74, 6) is -0.912. The molecule has 0 bridgehead atoms. The van der Waals surface area contributed by atoms with Gasteiger partial charge in [-0.25, -0.2) is 4.79 Å². The predicted octanol–water partition coefficient (Wildman–Crippen LogP) is 4.81. The van der Waals surface area contributed by atoms with Gasteiger partial charge in [0.25, 0.3) is 0 Å². The Labute approximate surface area is 196 Å². The molecular weight excluding hydrogens is 427 g/mol. The largest absolute Gasteiger partial charge is 0.462 e. The molecule has 168 valence electrons. The van der Waals surface area contributed by atoms with Crippen LogP contribution in [0.5, 0.6) is 0 Å². The van der Waals surface area contributed by atoms with Crippen molar-refractivity contribution in [3.63, 3.8) is 0 Å². The first-order valence-corrected chi connectivity index (χ1v) is 12.8. The van der Waals surface area contributed by atoms with E-state index in [1.54, 1.807) is 13.0 Å². The summed E-state index contributed by atoms with van der Waals surface area (Å²) < 4.78 is 5.50. The van der Waals surface area contributed by atoms with Crippen LogP contribution in [0, 0.1) is 0 Å². The maximum atomic E-state index is 13.8. The minimum absolute atomic E-state index is 0.173. The second-order valence-corrected chi connectivity index (χ2v) is 11.1. The lowest BCUT2D eigenvalue weighted by Crippen LogP contribution is -2.37. The SMILES string of the molecule is CCOC(=O)C(C(=O)/C=C/C=C(C)C)=P(c1ccccc1)(c1ccccc1)c1ccccc1. The summed E-state index contributed by atoms with van der Waals surface area (Å²) in [6.45, 7) is 3.01. The molecule has 0 amide bonds. The number of allylic oxidation sites excluding steroid dienone is 4. The molecule has 3 nitrogen and oxygen atoms in total. The van der Waals surface area contributed by atoms with Crippen LogP contribution in [0.1, 0.15) is 20.8 Å². The van der Waals surface area contributed by atoms with E-state index in [2.05, 4.69) is 0 Å². The number of ketones is 1. The van der Waals surface area contributed by atoms with Crippen molar-refractivity contribution in [2.24, 2.45) is 0 Å². The molecule has 0 heterocycles. The number of carbonyl (C=O) groups is 2. The molecular formula is C29H29O3P. The Morgan fingerprint density at radius 2 is 1.18 bits per heavy atom. The Kier molecular flexibility index (Phi) is 8.40. The molecule has 4 heteroatoms. The molecule has 0 unspecified atom stereocenters. The Balaban J connectivity index is 2.56. The van der Waals surface area contributed by atoms with E-state index in [4.69, 9.17) is 4.74 Å². The van der Waals surface area contributed by atoms with Crippen LogP contribution in [0.15, 0.2) is 115 Å². The minimum Gasteiger partial charge on any atom is -0.462 e. The molecule has 0 aromatic heterocycles. The number of ether oxygens (including phenoxy) is 1. The van der Waals surface area contributed by atoms with E-state index in [9.17, 15) is 9.59 Å². The molecule has 0 atom stereocenters. The summed E-state index contributed by atoms with van der Waals surface area (Å²) in [7, 11) is 0. The maximum absolute atomic E-state index is 13.8. The molecule has 0 aliphatic heterocycles. The summed E-state index contributed by atoms with van der Waals surface area (Å²) in [5.41, 5.74) is 1.06. The van der Waals surface area contributed by atoms with Gasteiger partial charge in [0.15, 0.2) is 5.78 Å². The number of hydrogen-bond donors (Lipinski definition) is 0. The molecule has 0 saturated carbocycles. The first kappa shape index (κ1) is 24.2. The zero-order valence-corrected chi connectivity index (χ0v) is 20.2. The standard InChI is InChI=1S/C29H29O3P/c1-4-32-29(31)28(27(30)22-14-15-23(2)3)33(24-16-8-5-9-17-24,25-18-10-6-11-19-25)26-20-12-7-13-21-26/h5-22H,4H2,1-3H3/b22-14+.